The molecule has 24 heavy (non-hydrogen) atoms. The third-order valence-corrected chi connectivity index (χ3v) is 4.47. The molecule has 1 atom stereocenters. The van der Waals surface area contributed by atoms with E-state index in [4.69, 9.17) is 0 Å². The highest BCUT2D eigenvalue weighted by atomic mass is 32.1. The first-order chi connectivity index (χ1) is 11.7. The average Bonchev–Trinajstić information content (AvgIpc) is 3.29. The lowest BCUT2D eigenvalue weighted by Gasteiger charge is -2.25. The fourth-order valence-electron chi connectivity index (χ4n) is 2.47. The van der Waals surface area contributed by atoms with Gasteiger partial charge in [0.05, 0.1) is 19.0 Å². The second kappa shape index (κ2) is 7.90. The Morgan fingerprint density at radius 2 is 2.12 bits per heavy atom. The van der Waals surface area contributed by atoms with Crippen molar-refractivity contribution in [3.8, 4) is 0 Å². The van der Waals surface area contributed by atoms with E-state index in [0.29, 0.717) is 6.54 Å². The number of thiophene rings is 1. The molecule has 2 heterocycles. The number of nitrogens with zero attached hydrogens (tertiary/aromatic N) is 3. The number of amides is 1. The molecule has 5 nitrogen and oxygen atoms in total. The van der Waals surface area contributed by atoms with Gasteiger partial charge in [0, 0.05) is 18.9 Å². The molecular formula is C18H19N3O2S. The highest BCUT2D eigenvalue weighted by Gasteiger charge is 2.19. The van der Waals surface area contributed by atoms with Crippen molar-refractivity contribution in [2.24, 2.45) is 0 Å². The number of carbonyl (C=O) groups excluding carboxylic acids is 1. The van der Waals surface area contributed by atoms with E-state index in [2.05, 4.69) is 4.98 Å². The van der Waals surface area contributed by atoms with Gasteiger partial charge >= 0.3 is 0 Å². The normalized spacial score (nSPS) is 12.0. The van der Waals surface area contributed by atoms with Gasteiger partial charge in [-0.2, -0.15) is 11.3 Å². The zero-order chi connectivity index (χ0) is 16.8. The molecule has 1 aromatic carbocycles. The van der Waals surface area contributed by atoms with Crippen molar-refractivity contribution in [3.63, 3.8) is 0 Å². The maximum atomic E-state index is 12.7. The zero-order valence-electron chi connectivity index (χ0n) is 13.2. The number of hydrogen-bond donors (Lipinski definition) is 1. The van der Waals surface area contributed by atoms with Crippen molar-refractivity contribution >= 4 is 17.2 Å². The number of carbonyl (C=O) groups is 1. The molecule has 1 amide bonds. The summed E-state index contributed by atoms with van der Waals surface area (Å²) in [5.74, 6) is -0.0499. The first-order valence-corrected chi connectivity index (χ1v) is 8.64. The molecule has 0 aliphatic carbocycles. The lowest BCUT2D eigenvalue weighted by Crippen LogP contribution is -2.36. The van der Waals surface area contributed by atoms with Gasteiger partial charge in [-0.25, -0.2) is 4.98 Å². The third kappa shape index (κ3) is 4.31. The van der Waals surface area contributed by atoms with Crippen molar-refractivity contribution in [3.05, 3.63) is 77.0 Å². The molecule has 2 aromatic heterocycles. The second-order valence-corrected chi connectivity index (χ2v) is 6.35. The van der Waals surface area contributed by atoms with Crippen LogP contribution in [0.3, 0.4) is 0 Å². The Balaban J connectivity index is 1.73. The summed E-state index contributed by atoms with van der Waals surface area (Å²) in [6.07, 6.45) is 4.34. The highest BCUT2D eigenvalue weighted by Crippen LogP contribution is 2.19. The number of imidazole rings is 1. The summed E-state index contributed by atoms with van der Waals surface area (Å²) in [4.78, 5) is 18.3. The Morgan fingerprint density at radius 3 is 2.79 bits per heavy atom. The Morgan fingerprint density at radius 1 is 1.29 bits per heavy atom. The van der Waals surface area contributed by atoms with Gasteiger partial charge in [0.2, 0.25) is 5.91 Å². The molecular weight excluding hydrogens is 322 g/mol. The fraction of sp³-hybridized carbons (Fsp3) is 0.222. The smallest absolute Gasteiger partial charge is 0.242 e. The fourth-order valence-corrected chi connectivity index (χ4v) is 3.18. The van der Waals surface area contributed by atoms with Crippen LogP contribution in [0.4, 0.5) is 0 Å². The van der Waals surface area contributed by atoms with Gasteiger partial charge in [0.15, 0.2) is 0 Å². The topological polar surface area (TPSA) is 58.4 Å². The number of aliphatic hydroxyl groups is 1. The van der Waals surface area contributed by atoms with Gasteiger partial charge in [-0.3, -0.25) is 4.79 Å². The number of benzene rings is 1. The van der Waals surface area contributed by atoms with Gasteiger partial charge in [-0.05, 0) is 28.0 Å². The summed E-state index contributed by atoms with van der Waals surface area (Å²) in [7, 11) is 0. The van der Waals surface area contributed by atoms with Crippen molar-refractivity contribution in [2.75, 3.05) is 6.54 Å². The summed E-state index contributed by atoms with van der Waals surface area (Å²) in [6.45, 7) is 0.942. The standard InChI is InChI=1S/C18H19N3O2S/c22-17(16-6-9-24-13-16)11-21(10-15-4-2-1-3-5-15)18(23)12-20-8-7-19-14-20/h1-9,13-14,17,22H,10-12H2. The van der Waals surface area contributed by atoms with Gasteiger partial charge < -0.3 is 14.6 Å². The maximum absolute atomic E-state index is 12.7. The lowest BCUT2D eigenvalue weighted by atomic mass is 10.1. The highest BCUT2D eigenvalue weighted by molar-refractivity contribution is 7.07. The number of aromatic nitrogens is 2. The molecule has 0 bridgehead atoms. The number of rotatable bonds is 7. The van der Waals surface area contributed by atoms with E-state index in [9.17, 15) is 9.90 Å². The van der Waals surface area contributed by atoms with Gasteiger partial charge in [0.25, 0.3) is 0 Å². The predicted molar refractivity (Wildman–Crippen MR) is 93.4 cm³/mol. The van der Waals surface area contributed by atoms with Crippen molar-refractivity contribution in [1.82, 2.24) is 14.5 Å². The first kappa shape index (κ1) is 16.4. The Bertz CT molecular complexity index is 742. The predicted octanol–water partition coefficient (Wildman–Crippen LogP) is 2.71. The molecule has 3 rings (SSSR count). The van der Waals surface area contributed by atoms with Gasteiger partial charge in [-0.15, -0.1) is 0 Å². The monoisotopic (exact) mass is 341 g/mol. The maximum Gasteiger partial charge on any atom is 0.242 e. The third-order valence-electron chi connectivity index (χ3n) is 3.77. The molecule has 6 heteroatoms. The molecule has 0 fully saturated rings. The summed E-state index contributed by atoms with van der Waals surface area (Å²) in [6, 6.07) is 11.7. The molecule has 0 saturated carbocycles. The molecule has 0 spiro atoms. The quantitative estimate of drug-likeness (QED) is 0.719. The SMILES string of the molecule is O=C(Cn1ccnc1)N(Cc1ccccc1)CC(O)c1ccsc1. The minimum atomic E-state index is -0.688. The largest absolute Gasteiger partial charge is 0.387 e. The minimum absolute atomic E-state index is 0.0499. The van der Waals surface area contributed by atoms with E-state index < -0.39 is 6.10 Å². The summed E-state index contributed by atoms with van der Waals surface area (Å²) >= 11 is 1.54. The Kier molecular flexibility index (Phi) is 5.40. The summed E-state index contributed by atoms with van der Waals surface area (Å²) in [5, 5.41) is 14.3. The van der Waals surface area contributed by atoms with Crippen LogP contribution in [0, 0.1) is 0 Å². The van der Waals surface area contributed by atoms with Crippen molar-refractivity contribution in [2.45, 2.75) is 19.2 Å². The molecule has 0 radical (unpaired) electrons. The van der Waals surface area contributed by atoms with Crippen LogP contribution in [0.1, 0.15) is 17.2 Å². The molecule has 0 aliphatic rings. The zero-order valence-corrected chi connectivity index (χ0v) is 14.0. The van der Waals surface area contributed by atoms with E-state index in [0.717, 1.165) is 11.1 Å². The van der Waals surface area contributed by atoms with E-state index in [1.54, 1.807) is 28.2 Å². The first-order valence-electron chi connectivity index (χ1n) is 7.70. The van der Waals surface area contributed by atoms with Crippen molar-refractivity contribution < 1.29 is 9.90 Å². The van der Waals surface area contributed by atoms with Gasteiger partial charge in [-0.1, -0.05) is 30.3 Å². The molecule has 124 valence electrons. The summed E-state index contributed by atoms with van der Waals surface area (Å²) in [5.41, 5.74) is 1.88. The number of hydrogen-bond acceptors (Lipinski definition) is 4. The molecule has 1 N–H and O–H groups in total. The van der Waals surface area contributed by atoms with Crippen LogP contribution >= 0.6 is 11.3 Å². The molecule has 3 aromatic rings. The number of aliphatic hydroxyl groups excluding tert-OH is 1. The van der Waals surface area contributed by atoms with E-state index in [-0.39, 0.29) is 19.0 Å². The Labute approximate surface area is 144 Å². The van der Waals surface area contributed by atoms with Crippen LogP contribution in [-0.4, -0.2) is 32.0 Å². The van der Waals surface area contributed by atoms with Crippen LogP contribution in [0.2, 0.25) is 0 Å². The van der Waals surface area contributed by atoms with Crippen LogP contribution in [0.15, 0.2) is 65.9 Å². The minimum Gasteiger partial charge on any atom is -0.387 e. The van der Waals surface area contributed by atoms with Crippen LogP contribution in [0.25, 0.3) is 0 Å². The van der Waals surface area contributed by atoms with Crippen molar-refractivity contribution in [1.29, 1.82) is 0 Å². The van der Waals surface area contributed by atoms with E-state index in [1.165, 1.54) is 11.3 Å². The van der Waals surface area contributed by atoms with Crippen LogP contribution in [0.5, 0.6) is 0 Å². The lowest BCUT2D eigenvalue weighted by molar-refractivity contribution is -0.134. The molecule has 1 unspecified atom stereocenters. The average molecular weight is 341 g/mol. The summed E-state index contributed by atoms with van der Waals surface area (Å²) < 4.78 is 1.73. The Hall–Kier alpha value is -2.44. The molecule has 0 saturated heterocycles. The van der Waals surface area contributed by atoms with E-state index in [1.807, 2.05) is 47.2 Å². The molecule has 0 aliphatic heterocycles. The van der Waals surface area contributed by atoms with Crippen LogP contribution < -0.4 is 0 Å². The second-order valence-electron chi connectivity index (χ2n) is 5.57. The van der Waals surface area contributed by atoms with Gasteiger partial charge in [0.1, 0.15) is 6.54 Å². The van der Waals surface area contributed by atoms with E-state index >= 15 is 0 Å². The van der Waals surface area contributed by atoms with Crippen LogP contribution in [-0.2, 0) is 17.9 Å².